The number of esters is 1. The Morgan fingerprint density at radius 1 is 1.22 bits per heavy atom. The van der Waals surface area contributed by atoms with Gasteiger partial charge in [0, 0.05) is 17.9 Å². The van der Waals surface area contributed by atoms with Crippen LogP contribution in [0, 0.1) is 11.6 Å². The molecule has 1 unspecified atom stereocenters. The van der Waals surface area contributed by atoms with Gasteiger partial charge in [0.25, 0.3) is 0 Å². The van der Waals surface area contributed by atoms with Crippen LogP contribution in [0.3, 0.4) is 0 Å². The van der Waals surface area contributed by atoms with E-state index in [4.69, 9.17) is 4.74 Å². The van der Waals surface area contributed by atoms with Crippen LogP contribution in [-0.2, 0) is 9.53 Å². The molecule has 7 heteroatoms. The molecule has 0 fully saturated rings. The lowest BCUT2D eigenvalue weighted by atomic mass is 10.2. The molecule has 0 saturated carbocycles. The predicted molar refractivity (Wildman–Crippen MR) is 83.3 cm³/mol. The number of ether oxygens (including phenoxy) is 1. The van der Waals surface area contributed by atoms with Crippen LogP contribution in [0.1, 0.15) is 51.2 Å². The number of carbonyl (C=O) groups is 1. The Hall–Kier alpha value is -1.89. The van der Waals surface area contributed by atoms with E-state index in [1.165, 1.54) is 30.8 Å². The minimum atomic E-state index is -0.636. The van der Waals surface area contributed by atoms with Crippen LogP contribution in [0.15, 0.2) is 28.1 Å². The first-order valence-electron chi connectivity index (χ1n) is 7.17. The summed E-state index contributed by atoms with van der Waals surface area (Å²) in [7, 11) is 0. The van der Waals surface area contributed by atoms with Crippen molar-refractivity contribution >= 4 is 17.7 Å². The van der Waals surface area contributed by atoms with E-state index in [0.717, 1.165) is 11.8 Å². The normalized spacial score (nSPS) is 12.5. The van der Waals surface area contributed by atoms with Gasteiger partial charge in [-0.25, -0.2) is 13.8 Å². The van der Waals surface area contributed by atoms with Crippen molar-refractivity contribution in [2.24, 2.45) is 0 Å². The minimum absolute atomic E-state index is 0.127. The van der Waals surface area contributed by atoms with E-state index in [2.05, 4.69) is 9.97 Å². The van der Waals surface area contributed by atoms with Gasteiger partial charge in [-0.05, 0) is 25.0 Å². The van der Waals surface area contributed by atoms with Crippen LogP contribution >= 0.6 is 11.8 Å². The minimum Gasteiger partial charge on any atom is -0.455 e. The van der Waals surface area contributed by atoms with Crippen molar-refractivity contribution in [3.8, 4) is 0 Å². The van der Waals surface area contributed by atoms with Crippen LogP contribution in [0.2, 0.25) is 0 Å². The molecule has 0 bridgehead atoms. The predicted octanol–water partition coefficient (Wildman–Crippen LogP) is 4.59. The van der Waals surface area contributed by atoms with Crippen molar-refractivity contribution in [3.05, 3.63) is 41.4 Å². The van der Waals surface area contributed by atoms with Crippen molar-refractivity contribution < 1.29 is 18.3 Å². The summed E-state index contributed by atoms with van der Waals surface area (Å²) in [6.07, 6.45) is -0.524. The molecule has 0 aliphatic heterocycles. The largest absolute Gasteiger partial charge is 0.455 e. The SMILES string of the molecule is CC(=O)OC(C)c1nc(Sc2cc(F)cc(F)c2)c(C(C)C)[nH]1. The summed E-state index contributed by atoms with van der Waals surface area (Å²) in [4.78, 5) is 19.0. The van der Waals surface area contributed by atoms with Gasteiger partial charge in [-0.15, -0.1) is 0 Å². The molecule has 0 aliphatic rings. The number of halogens is 2. The van der Waals surface area contributed by atoms with Gasteiger partial charge in [-0.1, -0.05) is 25.6 Å². The second kappa shape index (κ2) is 7.12. The van der Waals surface area contributed by atoms with Gasteiger partial charge in [-0.3, -0.25) is 4.79 Å². The fourth-order valence-corrected chi connectivity index (χ4v) is 3.16. The molecule has 2 aromatic rings. The summed E-state index contributed by atoms with van der Waals surface area (Å²) >= 11 is 1.17. The van der Waals surface area contributed by atoms with Crippen molar-refractivity contribution in [2.45, 2.75) is 49.6 Å². The highest BCUT2D eigenvalue weighted by atomic mass is 32.2. The average Bonchev–Trinajstić information content (AvgIpc) is 2.80. The zero-order valence-electron chi connectivity index (χ0n) is 13.3. The Labute approximate surface area is 137 Å². The molecule has 0 radical (unpaired) electrons. The Kier molecular flexibility index (Phi) is 5.41. The molecular formula is C16H18F2N2O2S. The van der Waals surface area contributed by atoms with E-state index in [9.17, 15) is 13.6 Å². The lowest BCUT2D eigenvalue weighted by molar-refractivity contribution is -0.146. The molecule has 1 aromatic heterocycles. The van der Waals surface area contributed by atoms with Crippen LogP contribution in [0.5, 0.6) is 0 Å². The van der Waals surface area contributed by atoms with E-state index in [1.54, 1.807) is 6.92 Å². The van der Waals surface area contributed by atoms with Crippen LogP contribution < -0.4 is 0 Å². The molecule has 2 rings (SSSR count). The number of rotatable bonds is 5. The van der Waals surface area contributed by atoms with Gasteiger partial charge in [0.2, 0.25) is 0 Å². The first-order chi connectivity index (χ1) is 10.8. The summed E-state index contributed by atoms with van der Waals surface area (Å²) in [5.74, 6) is -1.04. The zero-order valence-corrected chi connectivity index (χ0v) is 14.1. The van der Waals surface area contributed by atoms with Crippen LogP contribution in [0.4, 0.5) is 8.78 Å². The number of nitrogens with one attached hydrogen (secondary N) is 1. The highest BCUT2D eigenvalue weighted by molar-refractivity contribution is 7.99. The average molecular weight is 340 g/mol. The number of hydrogen-bond donors (Lipinski definition) is 1. The highest BCUT2D eigenvalue weighted by Crippen LogP contribution is 2.34. The molecule has 1 N–H and O–H groups in total. The Bertz CT molecular complexity index is 696. The Morgan fingerprint density at radius 2 is 1.83 bits per heavy atom. The summed E-state index contributed by atoms with van der Waals surface area (Å²) in [6.45, 7) is 6.99. The fourth-order valence-electron chi connectivity index (χ4n) is 2.05. The molecule has 1 atom stereocenters. The number of hydrogen-bond acceptors (Lipinski definition) is 4. The van der Waals surface area contributed by atoms with Gasteiger partial charge >= 0.3 is 5.97 Å². The van der Waals surface area contributed by atoms with Crippen molar-refractivity contribution in [1.29, 1.82) is 0 Å². The monoisotopic (exact) mass is 340 g/mol. The zero-order chi connectivity index (χ0) is 17.1. The third-order valence-corrected chi connectivity index (χ3v) is 4.05. The number of aromatic amines is 1. The van der Waals surface area contributed by atoms with Gasteiger partial charge < -0.3 is 9.72 Å². The molecule has 0 spiro atoms. The topological polar surface area (TPSA) is 55.0 Å². The highest BCUT2D eigenvalue weighted by Gasteiger charge is 2.20. The summed E-state index contributed by atoms with van der Waals surface area (Å²) in [5, 5.41) is 0.610. The number of H-pyrrole nitrogens is 1. The van der Waals surface area contributed by atoms with E-state index >= 15 is 0 Å². The van der Waals surface area contributed by atoms with Gasteiger partial charge in [0.15, 0.2) is 6.10 Å². The van der Waals surface area contributed by atoms with Crippen LogP contribution in [-0.4, -0.2) is 15.9 Å². The molecule has 124 valence electrons. The maximum absolute atomic E-state index is 13.3. The third-order valence-electron chi connectivity index (χ3n) is 3.07. The number of nitrogens with zero attached hydrogens (tertiary/aromatic N) is 1. The summed E-state index contributed by atoms with van der Waals surface area (Å²) in [5.41, 5.74) is 0.827. The lowest BCUT2D eigenvalue weighted by Crippen LogP contribution is -2.06. The molecular weight excluding hydrogens is 322 g/mol. The number of aromatic nitrogens is 2. The molecule has 23 heavy (non-hydrogen) atoms. The number of carbonyl (C=O) groups excluding carboxylic acids is 1. The smallest absolute Gasteiger partial charge is 0.303 e. The quantitative estimate of drug-likeness (QED) is 0.809. The standard InChI is InChI=1S/C16H18F2N2O2S/c1-8(2)14-16(20-15(19-14)9(3)22-10(4)21)23-13-6-11(17)5-12(18)7-13/h5-9H,1-4H3,(H,19,20). The molecule has 0 saturated heterocycles. The van der Waals surface area contributed by atoms with E-state index in [0.29, 0.717) is 15.7 Å². The maximum atomic E-state index is 13.3. The summed E-state index contributed by atoms with van der Waals surface area (Å²) < 4.78 is 31.8. The first kappa shape index (κ1) is 17.5. The second-order valence-corrected chi connectivity index (χ2v) is 6.52. The molecule has 1 aromatic carbocycles. The van der Waals surface area contributed by atoms with Crippen LogP contribution in [0.25, 0.3) is 0 Å². The van der Waals surface area contributed by atoms with Crippen molar-refractivity contribution in [2.75, 3.05) is 0 Å². The lowest BCUT2D eigenvalue weighted by Gasteiger charge is -2.08. The van der Waals surface area contributed by atoms with Crippen molar-refractivity contribution in [1.82, 2.24) is 9.97 Å². The van der Waals surface area contributed by atoms with Gasteiger partial charge in [0.1, 0.15) is 22.5 Å². The first-order valence-corrected chi connectivity index (χ1v) is 7.99. The van der Waals surface area contributed by atoms with Gasteiger partial charge in [-0.2, -0.15) is 0 Å². The number of benzene rings is 1. The third kappa shape index (κ3) is 4.54. The second-order valence-electron chi connectivity index (χ2n) is 5.45. The molecule has 0 amide bonds. The van der Waals surface area contributed by atoms with E-state index in [1.807, 2.05) is 13.8 Å². The Balaban J connectivity index is 2.33. The van der Waals surface area contributed by atoms with Gasteiger partial charge in [0.05, 0.1) is 5.69 Å². The summed E-state index contributed by atoms with van der Waals surface area (Å²) in [6, 6.07) is 3.33. The van der Waals surface area contributed by atoms with E-state index in [-0.39, 0.29) is 5.92 Å². The molecule has 0 aliphatic carbocycles. The molecule has 1 heterocycles. The van der Waals surface area contributed by atoms with E-state index < -0.39 is 23.7 Å². The maximum Gasteiger partial charge on any atom is 0.303 e. The van der Waals surface area contributed by atoms with Crippen molar-refractivity contribution in [3.63, 3.8) is 0 Å². The molecule has 4 nitrogen and oxygen atoms in total. The number of imidazole rings is 1. The fraction of sp³-hybridized carbons (Fsp3) is 0.375. The Morgan fingerprint density at radius 3 is 2.35 bits per heavy atom.